The molecule has 0 spiro atoms. The summed E-state index contributed by atoms with van der Waals surface area (Å²) in [5.74, 6) is 2.17. The fraction of sp³-hybridized carbons (Fsp3) is 0.647. The predicted octanol–water partition coefficient (Wildman–Crippen LogP) is 4.86. The van der Waals surface area contributed by atoms with Crippen LogP contribution in [-0.4, -0.2) is 13.1 Å². The highest BCUT2D eigenvalue weighted by molar-refractivity contribution is 6.30. The van der Waals surface area contributed by atoms with Crippen LogP contribution in [0.4, 0.5) is 0 Å². The van der Waals surface area contributed by atoms with Gasteiger partial charge in [-0.25, -0.2) is 0 Å². The van der Waals surface area contributed by atoms with Crippen molar-refractivity contribution in [3.05, 3.63) is 34.9 Å². The van der Waals surface area contributed by atoms with Gasteiger partial charge in [0, 0.05) is 11.6 Å². The highest BCUT2D eigenvalue weighted by atomic mass is 35.5. The Morgan fingerprint density at radius 1 is 1.21 bits per heavy atom. The normalized spacial score (nSPS) is 18.1. The van der Waals surface area contributed by atoms with Crippen LogP contribution in [0.15, 0.2) is 24.3 Å². The average molecular weight is 280 g/mol. The number of rotatable bonds is 6. The van der Waals surface area contributed by atoms with Gasteiger partial charge in [-0.1, -0.05) is 50.4 Å². The minimum absolute atomic E-state index is 0.625. The zero-order chi connectivity index (χ0) is 13.7. The van der Waals surface area contributed by atoms with Gasteiger partial charge in [-0.15, -0.1) is 0 Å². The van der Waals surface area contributed by atoms with Crippen molar-refractivity contribution in [1.29, 1.82) is 0 Å². The molecular formula is C17H26ClN. The fourth-order valence-corrected chi connectivity index (χ4v) is 3.38. The summed E-state index contributed by atoms with van der Waals surface area (Å²) in [6.45, 7) is 6.71. The van der Waals surface area contributed by atoms with E-state index in [1.807, 2.05) is 6.07 Å². The van der Waals surface area contributed by atoms with Crippen molar-refractivity contribution in [2.24, 2.45) is 11.8 Å². The van der Waals surface area contributed by atoms with E-state index in [1.54, 1.807) is 0 Å². The molecule has 1 fully saturated rings. The highest BCUT2D eigenvalue weighted by Crippen LogP contribution is 2.37. The second-order valence-electron chi connectivity index (χ2n) is 6.26. The Kier molecular flexibility index (Phi) is 5.72. The number of hydrogen-bond acceptors (Lipinski definition) is 1. The van der Waals surface area contributed by atoms with E-state index in [0.717, 1.165) is 24.0 Å². The molecule has 1 saturated carbocycles. The van der Waals surface area contributed by atoms with E-state index in [4.69, 9.17) is 11.6 Å². The fourth-order valence-electron chi connectivity index (χ4n) is 3.18. The SMILES string of the molecule is CC(C)CNCC(c1cccc(Cl)c1)C1CCCC1. The second kappa shape index (κ2) is 7.31. The lowest BCUT2D eigenvalue weighted by Crippen LogP contribution is -2.28. The van der Waals surface area contributed by atoms with E-state index in [9.17, 15) is 0 Å². The predicted molar refractivity (Wildman–Crippen MR) is 83.9 cm³/mol. The lowest BCUT2D eigenvalue weighted by molar-refractivity contribution is 0.400. The van der Waals surface area contributed by atoms with Crippen molar-refractivity contribution in [3.63, 3.8) is 0 Å². The van der Waals surface area contributed by atoms with Crippen LogP contribution < -0.4 is 5.32 Å². The topological polar surface area (TPSA) is 12.0 Å². The molecule has 2 rings (SSSR count). The summed E-state index contributed by atoms with van der Waals surface area (Å²) in [7, 11) is 0. The van der Waals surface area contributed by atoms with Gasteiger partial charge < -0.3 is 5.32 Å². The van der Waals surface area contributed by atoms with Crippen LogP contribution in [0, 0.1) is 11.8 Å². The Morgan fingerprint density at radius 3 is 2.58 bits per heavy atom. The van der Waals surface area contributed by atoms with Crippen molar-refractivity contribution < 1.29 is 0 Å². The number of benzene rings is 1. The first-order valence-electron chi connectivity index (χ1n) is 7.63. The van der Waals surface area contributed by atoms with Crippen LogP contribution in [-0.2, 0) is 0 Å². The molecule has 1 aromatic carbocycles. The van der Waals surface area contributed by atoms with Crippen LogP contribution in [0.2, 0.25) is 5.02 Å². The van der Waals surface area contributed by atoms with Crippen molar-refractivity contribution in [2.45, 2.75) is 45.4 Å². The Hall–Kier alpha value is -0.530. The van der Waals surface area contributed by atoms with E-state index >= 15 is 0 Å². The monoisotopic (exact) mass is 279 g/mol. The van der Waals surface area contributed by atoms with Gasteiger partial charge in [0.1, 0.15) is 0 Å². The summed E-state index contributed by atoms with van der Waals surface area (Å²) in [6.07, 6.45) is 5.54. The van der Waals surface area contributed by atoms with Gasteiger partial charge >= 0.3 is 0 Å². The van der Waals surface area contributed by atoms with Crippen molar-refractivity contribution in [3.8, 4) is 0 Å². The van der Waals surface area contributed by atoms with Gasteiger partial charge in [0.25, 0.3) is 0 Å². The Morgan fingerprint density at radius 2 is 1.95 bits per heavy atom. The molecule has 1 nitrogen and oxygen atoms in total. The van der Waals surface area contributed by atoms with E-state index in [2.05, 4.69) is 37.4 Å². The summed E-state index contributed by atoms with van der Waals surface area (Å²) in [5.41, 5.74) is 1.41. The van der Waals surface area contributed by atoms with E-state index < -0.39 is 0 Å². The third-order valence-corrected chi connectivity index (χ3v) is 4.40. The minimum atomic E-state index is 0.625. The van der Waals surface area contributed by atoms with E-state index in [0.29, 0.717) is 11.8 Å². The summed E-state index contributed by atoms with van der Waals surface area (Å²) in [6, 6.07) is 8.45. The summed E-state index contributed by atoms with van der Waals surface area (Å²) in [5, 5.41) is 4.50. The zero-order valence-corrected chi connectivity index (χ0v) is 12.9. The molecule has 0 saturated heterocycles. The first-order chi connectivity index (χ1) is 9.16. The van der Waals surface area contributed by atoms with Crippen LogP contribution in [0.3, 0.4) is 0 Å². The molecule has 1 atom stereocenters. The number of halogens is 1. The van der Waals surface area contributed by atoms with Gasteiger partial charge in [0.05, 0.1) is 0 Å². The van der Waals surface area contributed by atoms with Crippen molar-refractivity contribution in [1.82, 2.24) is 5.32 Å². The van der Waals surface area contributed by atoms with E-state index in [1.165, 1.54) is 31.2 Å². The second-order valence-corrected chi connectivity index (χ2v) is 6.69. The summed E-state index contributed by atoms with van der Waals surface area (Å²) in [4.78, 5) is 0. The third-order valence-electron chi connectivity index (χ3n) is 4.16. The molecule has 0 radical (unpaired) electrons. The largest absolute Gasteiger partial charge is 0.316 e. The highest BCUT2D eigenvalue weighted by Gasteiger charge is 2.26. The maximum atomic E-state index is 6.16. The molecule has 19 heavy (non-hydrogen) atoms. The molecule has 1 aliphatic carbocycles. The lowest BCUT2D eigenvalue weighted by atomic mass is 9.84. The molecule has 0 bridgehead atoms. The maximum Gasteiger partial charge on any atom is 0.0408 e. The Balaban J connectivity index is 2.05. The Bertz CT molecular complexity index is 383. The molecule has 1 aliphatic rings. The molecule has 0 heterocycles. The third kappa shape index (κ3) is 4.50. The van der Waals surface area contributed by atoms with E-state index in [-0.39, 0.29) is 0 Å². The molecule has 0 aliphatic heterocycles. The molecular weight excluding hydrogens is 254 g/mol. The minimum Gasteiger partial charge on any atom is -0.316 e. The average Bonchev–Trinajstić information content (AvgIpc) is 2.88. The lowest BCUT2D eigenvalue weighted by Gasteiger charge is -2.25. The van der Waals surface area contributed by atoms with Crippen LogP contribution in [0.1, 0.15) is 51.0 Å². The van der Waals surface area contributed by atoms with Gasteiger partial charge in [-0.3, -0.25) is 0 Å². The molecule has 106 valence electrons. The van der Waals surface area contributed by atoms with Gasteiger partial charge in [-0.05, 0) is 54.8 Å². The Labute approximate surface area is 122 Å². The molecule has 1 aromatic rings. The summed E-state index contributed by atoms with van der Waals surface area (Å²) >= 11 is 6.16. The molecule has 0 amide bonds. The number of nitrogens with one attached hydrogen (secondary N) is 1. The molecule has 2 heteroatoms. The van der Waals surface area contributed by atoms with Gasteiger partial charge in [0.15, 0.2) is 0 Å². The van der Waals surface area contributed by atoms with Crippen LogP contribution >= 0.6 is 11.6 Å². The quantitative estimate of drug-likeness (QED) is 0.784. The van der Waals surface area contributed by atoms with Crippen molar-refractivity contribution >= 4 is 11.6 Å². The maximum absolute atomic E-state index is 6.16. The first-order valence-corrected chi connectivity index (χ1v) is 8.01. The molecule has 1 N–H and O–H groups in total. The van der Waals surface area contributed by atoms with Crippen molar-refractivity contribution in [2.75, 3.05) is 13.1 Å². The van der Waals surface area contributed by atoms with Crippen LogP contribution in [0.5, 0.6) is 0 Å². The first kappa shape index (κ1) is 14.9. The number of hydrogen-bond donors (Lipinski definition) is 1. The van der Waals surface area contributed by atoms with Crippen LogP contribution in [0.25, 0.3) is 0 Å². The smallest absolute Gasteiger partial charge is 0.0408 e. The standard InChI is InChI=1S/C17H26ClN/c1-13(2)11-19-12-17(14-6-3-4-7-14)15-8-5-9-16(18)10-15/h5,8-10,13-14,17,19H,3-4,6-7,11-12H2,1-2H3. The zero-order valence-electron chi connectivity index (χ0n) is 12.2. The van der Waals surface area contributed by atoms with Gasteiger partial charge in [0.2, 0.25) is 0 Å². The molecule has 0 aromatic heterocycles. The summed E-state index contributed by atoms with van der Waals surface area (Å²) < 4.78 is 0. The van der Waals surface area contributed by atoms with Gasteiger partial charge in [-0.2, -0.15) is 0 Å². The molecule has 1 unspecified atom stereocenters.